The van der Waals surface area contributed by atoms with Gasteiger partial charge in [0.15, 0.2) is 0 Å². The molecular weight excluding hydrogens is 264 g/mol. The molecule has 110 valence electrons. The molecule has 0 radical (unpaired) electrons. The number of benzene rings is 1. The number of piperidine rings is 1. The van der Waals surface area contributed by atoms with Crippen molar-refractivity contribution in [1.29, 1.82) is 0 Å². The number of nitrogens with zero attached hydrogens (tertiary/aromatic N) is 2. The number of carbonyl (C=O) groups excluding carboxylic acids is 1. The Balaban J connectivity index is 1.97. The van der Waals surface area contributed by atoms with Gasteiger partial charge in [0.2, 0.25) is 5.91 Å². The summed E-state index contributed by atoms with van der Waals surface area (Å²) in [5.74, 6) is 0.172. The number of hydrogen-bond acceptors (Lipinski definition) is 4. The Labute approximate surface area is 124 Å². The number of hydrogen-bond donors (Lipinski definition) is 2. The van der Waals surface area contributed by atoms with E-state index in [1.807, 2.05) is 24.3 Å². The van der Waals surface area contributed by atoms with Gasteiger partial charge in [-0.15, -0.1) is 0 Å². The molecule has 21 heavy (non-hydrogen) atoms. The van der Waals surface area contributed by atoms with E-state index in [2.05, 4.69) is 15.2 Å². The Bertz CT molecular complexity index is 670. The summed E-state index contributed by atoms with van der Waals surface area (Å²) in [7, 11) is 1.70. The maximum atomic E-state index is 11.9. The third-order valence-electron chi connectivity index (χ3n) is 4.16. The number of rotatable bonds is 2. The zero-order valence-electron chi connectivity index (χ0n) is 12.2. The van der Waals surface area contributed by atoms with Crippen LogP contribution in [0.1, 0.15) is 12.8 Å². The number of amides is 1. The van der Waals surface area contributed by atoms with Crippen LogP contribution in [0.5, 0.6) is 0 Å². The average molecular weight is 284 g/mol. The summed E-state index contributed by atoms with van der Waals surface area (Å²) in [5, 5.41) is 3.81. The molecule has 0 aliphatic carbocycles. The quantitative estimate of drug-likeness (QED) is 0.825. The van der Waals surface area contributed by atoms with E-state index in [4.69, 9.17) is 5.73 Å². The Morgan fingerprint density at radius 3 is 3.10 bits per heavy atom. The van der Waals surface area contributed by atoms with Crippen molar-refractivity contribution in [1.82, 2.24) is 10.3 Å². The van der Waals surface area contributed by atoms with Crippen LogP contribution in [0.3, 0.4) is 0 Å². The first-order chi connectivity index (χ1) is 10.2. The maximum Gasteiger partial charge on any atom is 0.224 e. The zero-order valence-corrected chi connectivity index (χ0v) is 12.2. The Morgan fingerprint density at radius 1 is 1.43 bits per heavy atom. The van der Waals surface area contributed by atoms with Crippen LogP contribution in [0, 0.1) is 5.92 Å². The SMILES string of the molecule is CNC(=O)C1CCCN(c2ccc(N)c3ncccc23)C1. The highest BCUT2D eigenvalue weighted by molar-refractivity contribution is 5.98. The van der Waals surface area contributed by atoms with Gasteiger partial charge in [-0.1, -0.05) is 0 Å². The van der Waals surface area contributed by atoms with Crippen molar-refractivity contribution in [2.75, 3.05) is 30.8 Å². The van der Waals surface area contributed by atoms with Crippen molar-refractivity contribution in [3.8, 4) is 0 Å². The number of nitrogen functional groups attached to an aromatic ring is 1. The fourth-order valence-electron chi connectivity index (χ4n) is 3.07. The highest BCUT2D eigenvalue weighted by Crippen LogP contribution is 2.32. The van der Waals surface area contributed by atoms with Crippen molar-refractivity contribution in [2.45, 2.75) is 12.8 Å². The molecule has 1 unspecified atom stereocenters. The maximum absolute atomic E-state index is 11.9. The van der Waals surface area contributed by atoms with Crippen molar-refractivity contribution in [3.05, 3.63) is 30.5 Å². The number of nitrogens with one attached hydrogen (secondary N) is 1. The standard InChI is InChI=1S/C16H20N4O/c1-18-16(21)11-4-3-9-20(10-11)14-7-6-13(17)15-12(14)5-2-8-19-15/h2,5-8,11H,3-4,9-10,17H2,1H3,(H,18,21). The first-order valence-corrected chi connectivity index (χ1v) is 7.30. The van der Waals surface area contributed by atoms with Crippen LogP contribution in [-0.2, 0) is 4.79 Å². The second-order valence-electron chi connectivity index (χ2n) is 5.47. The summed E-state index contributed by atoms with van der Waals surface area (Å²) in [5.41, 5.74) is 8.64. The summed E-state index contributed by atoms with van der Waals surface area (Å²) in [4.78, 5) is 18.5. The molecule has 1 saturated heterocycles. The molecule has 0 bridgehead atoms. The molecule has 1 atom stereocenters. The van der Waals surface area contributed by atoms with Crippen LogP contribution in [0.15, 0.2) is 30.5 Å². The number of nitrogens with two attached hydrogens (primary N) is 1. The van der Waals surface area contributed by atoms with E-state index in [9.17, 15) is 4.79 Å². The summed E-state index contributed by atoms with van der Waals surface area (Å²) in [6.07, 6.45) is 3.72. The lowest BCUT2D eigenvalue weighted by Crippen LogP contribution is -2.42. The highest BCUT2D eigenvalue weighted by Gasteiger charge is 2.26. The minimum Gasteiger partial charge on any atom is -0.397 e. The Kier molecular flexibility index (Phi) is 3.64. The first-order valence-electron chi connectivity index (χ1n) is 7.30. The topological polar surface area (TPSA) is 71.2 Å². The van der Waals surface area contributed by atoms with Crippen LogP contribution in [0.4, 0.5) is 11.4 Å². The minimum atomic E-state index is 0.0491. The molecule has 2 aromatic rings. The normalized spacial score (nSPS) is 18.7. The molecule has 1 fully saturated rings. The smallest absolute Gasteiger partial charge is 0.224 e. The van der Waals surface area contributed by atoms with E-state index >= 15 is 0 Å². The van der Waals surface area contributed by atoms with Gasteiger partial charge >= 0.3 is 0 Å². The molecule has 2 heterocycles. The largest absolute Gasteiger partial charge is 0.397 e. The van der Waals surface area contributed by atoms with Crippen molar-refractivity contribution in [2.24, 2.45) is 5.92 Å². The monoisotopic (exact) mass is 284 g/mol. The van der Waals surface area contributed by atoms with Crippen molar-refractivity contribution < 1.29 is 4.79 Å². The molecular formula is C16H20N4O. The molecule has 1 amide bonds. The van der Waals surface area contributed by atoms with Crippen LogP contribution in [0.25, 0.3) is 10.9 Å². The van der Waals surface area contributed by atoms with Crippen LogP contribution in [-0.4, -0.2) is 31.0 Å². The van der Waals surface area contributed by atoms with Crippen molar-refractivity contribution in [3.63, 3.8) is 0 Å². The Morgan fingerprint density at radius 2 is 2.29 bits per heavy atom. The summed E-state index contributed by atoms with van der Waals surface area (Å²) < 4.78 is 0. The first kappa shape index (κ1) is 13.7. The predicted octanol–water partition coefficient (Wildman–Crippen LogP) is 1.78. The number of aromatic nitrogens is 1. The number of pyridine rings is 1. The second kappa shape index (κ2) is 5.60. The van der Waals surface area contributed by atoms with Crippen molar-refractivity contribution >= 4 is 28.2 Å². The van der Waals surface area contributed by atoms with Gasteiger partial charge in [0.1, 0.15) is 0 Å². The van der Waals surface area contributed by atoms with Gasteiger partial charge < -0.3 is 16.0 Å². The molecule has 3 rings (SSSR count). The third-order valence-corrected chi connectivity index (χ3v) is 4.16. The van der Waals surface area contributed by atoms with Gasteiger partial charge in [-0.25, -0.2) is 0 Å². The average Bonchev–Trinajstić information content (AvgIpc) is 2.55. The third kappa shape index (κ3) is 2.51. The van der Waals surface area contributed by atoms with E-state index in [0.717, 1.165) is 42.5 Å². The van der Waals surface area contributed by atoms with Crippen LogP contribution >= 0.6 is 0 Å². The number of fused-ring (bicyclic) bond motifs is 1. The fourth-order valence-corrected chi connectivity index (χ4v) is 3.07. The molecule has 1 aromatic heterocycles. The lowest BCUT2D eigenvalue weighted by Gasteiger charge is -2.34. The summed E-state index contributed by atoms with van der Waals surface area (Å²) in [6.45, 7) is 1.70. The lowest BCUT2D eigenvalue weighted by molar-refractivity contribution is -0.124. The van der Waals surface area contributed by atoms with Gasteiger partial charge in [0, 0.05) is 37.4 Å². The van der Waals surface area contributed by atoms with Gasteiger partial charge in [-0.3, -0.25) is 9.78 Å². The van der Waals surface area contributed by atoms with E-state index in [1.165, 1.54) is 0 Å². The van der Waals surface area contributed by atoms with Crippen LogP contribution < -0.4 is 16.0 Å². The van der Waals surface area contributed by atoms with E-state index in [1.54, 1.807) is 13.2 Å². The highest BCUT2D eigenvalue weighted by atomic mass is 16.1. The predicted molar refractivity (Wildman–Crippen MR) is 85.2 cm³/mol. The van der Waals surface area contributed by atoms with Crippen LogP contribution in [0.2, 0.25) is 0 Å². The Hall–Kier alpha value is -2.30. The van der Waals surface area contributed by atoms with E-state index < -0.39 is 0 Å². The number of anilines is 2. The molecule has 5 heteroatoms. The minimum absolute atomic E-state index is 0.0491. The van der Waals surface area contributed by atoms with E-state index in [0.29, 0.717) is 5.69 Å². The van der Waals surface area contributed by atoms with E-state index in [-0.39, 0.29) is 11.8 Å². The summed E-state index contributed by atoms with van der Waals surface area (Å²) in [6, 6.07) is 7.89. The van der Waals surface area contributed by atoms with Gasteiger partial charge in [0.25, 0.3) is 0 Å². The molecule has 3 N–H and O–H groups in total. The molecule has 0 saturated carbocycles. The fraction of sp³-hybridized carbons (Fsp3) is 0.375. The molecule has 0 spiro atoms. The van der Waals surface area contributed by atoms with Gasteiger partial charge in [-0.2, -0.15) is 0 Å². The molecule has 1 aliphatic rings. The van der Waals surface area contributed by atoms with Gasteiger partial charge in [-0.05, 0) is 37.1 Å². The lowest BCUT2D eigenvalue weighted by atomic mass is 9.96. The zero-order chi connectivity index (χ0) is 14.8. The van der Waals surface area contributed by atoms with Gasteiger partial charge in [0.05, 0.1) is 17.1 Å². The molecule has 1 aliphatic heterocycles. The molecule has 5 nitrogen and oxygen atoms in total. The second-order valence-corrected chi connectivity index (χ2v) is 5.47. The summed E-state index contributed by atoms with van der Waals surface area (Å²) >= 11 is 0. The molecule has 1 aromatic carbocycles. The number of carbonyl (C=O) groups is 1.